The Morgan fingerprint density at radius 1 is 1.39 bits per heavy atom. The number of hydrogen-bond acceptors (Lipinski definition) is 4. The molecule has 0 bridgehead atoms. The van der Waals surface area contributed by atoms with Gasteiger partial charge in [0.2, 0.25) is 0 Å². The number of benzene rings is 1. The second-order valence-electron chi connectivity index (χ2n) is 4.92. The highest BCUT2D eigenvalue weighted by Crippen LogP contribution is 2.25. The van der Waals surface area contributed by atoms with E-state index in [9.17, 15) is 4.79 Å². The number of amides is 1. The van der Waals surface area contributed by atoms with Gasteiger partial charge in [0.05, 0.1) is 5.56 Å². The summed E-state index contributed by atoms with van der Waals surface area (Å²) < 4.78 is 0. The molecule has 0 radical (unpaired) electrons. The van der Waals surface area contributed by atoms with Crippen molar-refractivity contribution >= 4 is 17.3 Å². The van der Waals surface area contributed by atoms with Gasteiger partial charge >= 0.3 is 0 Å². The quantitative estimate of drug-likeness (QED) is 0.748. The fourth-order valence-corrected chi connectivity index (χ4v) is 2.29. The molecule has 1 fully saturated rings. The van der Waals surface area contributed by atoms with E-state index in [0.717, 1.165) is 25.3 Å². The molecule has 1 aromatic carbocycles. The first-order valence-corrected chi connectivity index (χ1v) is 6.13. The second kappa shape index (κ2) is 4.86. The van der Waals surface area contributed by atoms with Crippen LogP contribution in [0.2, 0.25) is 0 Å². The Kier molecular flexibility index (Phi) is 3.43. The number of likely N-dealkylation sites (N-methyl/N-ethyl adjacent to an activating group) is 1. The average molecular weight is 248 g/mol. The van der Waals surface area contributed by atoms with Crippen LogP contribution in [0, 0.1) is 0 Å². The standard InChI is InChI=1S/C13H20N4O/c1-9-8-17(6-5-16(9)2)12-4-3-10(14)7-11(12)13(15)18/h3-4,7,9H,5-6,8,14H2,1-2H3,(H2,15,18). The smallest absolute Gasteiger partial charge is 0.250 e. The molecule has 0 aliphatic carbocycles. The van der Waals surface area contributed by atoms with E-state index in [-0.39, 0.29) is 0 Å². The summed E-state index contributed by atoms with van der Waals surface area (Å²) in [6.07, 6.45) is 0. The van der Waals surface area contributed by atoms with E-state index in [4.69, 9.17) is 11.5 Å². The highest BCUT2D eigenvalue weighted by Gasteiger charge is 2.23. The van der Waals surface area contributed by atoms with Crippen molar-refractivity contribution in [2.75, 3.05) is 37.3 Å². The van der Waals surface area contributed by atoms with Crippen LogP contribution in [0.5, 0.6) is 0 Å². The van der Waals surface area contributed by atoms with Gasteiger partial charge in [-0.25, -0.2) is 0 Å². The number of nitrogens with two attached hydrogens (primary N) is 2. The molecule has 1 atom stereocenters. The molecular weight excluding hydrogens is 228 g/mol. The topological polar surface area (TPSA) is 75.6 Å². The van der Waals surface area contributed by atoms with Crippen LogP contribution in [0.4, 0.5) is 11.4 Å². The SMILES string of the molecule is CC1CN(c2ccc(N)cc2C(N)=O)CCN1C. The number of anilines is 2. The van der Waals surface area contributed by atoms with Crippen LogP contribution in [0.15, 0.2) is 18.2 Å². The maximum Gasteiger partial charge on any atom is 0.250 e. The lowest BCUT2D eigenvalue weighted by molar-refractivity contribution is 0.100. The minimum Gasteiger partial charge on any atom is -0.399 e. The van der Waals surface area contributed by atoms with Gasteiger partial charge in [-0.05, 0) is 32.2 Å². The van der Waals surface area contributed by atoms with Gasteiger partial charge < -0.3 is 21.3 Å². The molecule has 0 aromatic heterocycles. The fraction of sp³-hybridized carbons (Fsp3) is 0.462. The van der Waals surface area contributed by atoms with Crippen molar-refractivity contribution in [3.63, 3.8) is 0 Å². The molecule has 1 saturated heterocycles. The number of carbonyl (C=O) groups is 1. The molecule has 1 aromatic rings. The normalized spacial score (nSPS) is 21.0. The fourth-order valence-electron chi connectivity index (χ4n) is 2.29. The first-order valence-electron chi connectivity index (χ1n) is 6.13. The van der Waals surface area contributed by atoms with Crippen LogP contribution in [-0.4, -0.2) is 43.5 Å². The van der Waals surface area contributed by atoms with Crippen LogP contribution in [0.25, 0.3) is 0 Å². The molecular formula is C13H20N4O. The van der Waals surface area contributed by atoms with Crippen molar-refractivity contribution in [3.05, 3.63) is 23.8 Å². The average Bonchev–Trinajstić information content (AvgIpc) is 2.32. The van der Waals surface area contributed by atoms with Crippen LogP contribution in [0.1, 0.15) is 17.3 Å². The number of piperazine rings is 1. The molecule has 0 spiro atoms. The number of nitrogens with zero attached hydrogens (tertiary/aromatic N) is 2. The Labute approximate surface area is 107 Å². The molecule has 98 valence electrons. The van der Waals surface area contributed by atoms with E-state index in [2.05, 4.69) is 23.8 Å². The van der Waals surface area contributed by atoms with Gasteiger partial charge in [0.25, 0.3) is 5.91 Å². The van der Waals surface area contributed by atoms with Crippen LogP contribution in [0.3, 0.4) is 0 Å². The van der Waals surface area contributed by atoms with Crippen molar-refractivity contribution < 1.29 is 4.79 Å². The minimum absolute atomic E-state index is 0.427. The lowest BCUT2D eigenvalue weighted by Crippen LogP contribution is -2.50. The molecule has 1 aliphatic heterocycles. The molecule has 1 aliphatic rings. The summed E-state index contributed by atoms with van der Waals surface area (Å²) in [7, 11) is 2.11. The Bertz CT molecular complexity index is 460. The van der Waals surface area contributed by atoms with Crippen LogP contribution in [-0.2, 0) is 0 Å². The minimum atomic E-state index is -0.427. The zero-order valence-corrected chi connectivity index (χ0v) is 10.9. The number of carbonyl (C=O) groups excluding carboxylic acids is 1. The summed E-state index contributed by atoms with van der Waals surface area (Å²) in [6.45, 7) is 4.93. The predicted octanol–water partition coefficient (Wildman–Crippen LogP) is 0.508. The van der Waals surface area contributed by atoms with E-state index in [0.29, 0.717) is 17.3 Å². The van der Waals surface area contributed by atoms with Gasteiger partial charge in [0.15, 0.2) is 0 Å². The van der Waals surface area contributed by atoms with E-state index in [1.807, 2.05) is 12.1 Å². The maximum atomic E-state index is 11.5. The highest BCUT2D eigenvalue weighted by atomic mass is 16.1. The Hall–Kier alpha value is -1.75. The number of primary amides is 1. The lowest BCUT2D eigenvalue weighted by atomic mass is 10.1. The maximum absolute atomic E-state index is 11.5. The van der Waals surface area contributed by atoms with Crippen molar-refractivity contribution in [2.45, 2.75) is 13.0 Å². The molecule has 4 N–H and O–H groups in total. The third-order valence-corrected chi connectivity index (χ3v) is 3.59. The zero-order valence-electron chi connectivity index (χ0n) is 10.9. The van der Waals surface area contributed by atoms with Gasteiger partial charge in [-0.1, -0.05) is 0 Å². The molecule has 1 amide bonds. The van der Waals surface area contributed by atoms with Crippen molar-refractivity contribution in [1.29, 1.82) is 0 Å². The Morgan fingerprint density at radius 2 is 2.11 bits per heavy atom. The van der Waals surface area contributed by atoms with Crippen molar-refractivity contribution in [2.24, 2.45) is 5.73 Å². The van der Waals surface area contributed by atoms with E-state index in [1.165, 1.54) is 0 Å². The molecule has 5 heteroatoms. The summed E-state index contributed by atoms with van der Waals surface area (Å²) in [4.78, 5) is 16.0. The summed E-state index contributed by atoms with van der Waals surface area (Å²) in [5, 5.41) is 0. The van der Waals surface area contributed by atoms with Crippen LogP contribution >= 0.6 is 0 Å². The molecule has 0 saturated carbocycles. The summed E-state index contributed by atoms with van der Waals surface area (Å²) in [6, 6.07) is 5.80. The van der Waals surface area contributed by atoms with E-state index in [1.54, 1.807) is 6.07 Å². The number of hydrogen-bond donors (Lipinski definition) is 2. The van der Waals surface area contributed by atoms with Gasteiger partial charge in [0.1, 0.15) is 0 Å². The van der Waals surface area contributed by atoms with Gasteiger partial charge in [-0.15, -0.1) is 0 Å². The third-order valence-electron chi connectivity index (χ3n) is 3.59. The van der Waals surface area contributed by atoms with Gasteiger partial charge in [0, 0.05) is 37.1 Å². The van der Waals surface area contributed by atoms with Gasteiger partial charge in [-0.2, -0.15) is 0 Å². The molecule has 18 heavy (non-hydrogen) atoms. The predicted molar refractivity (Wildman–Crippen MR) is 73.7 cm³/mol. The second-order valence-corrected chi connectivity index (χ2v) is 4.92. The van der Waals surface area contributed by atoms with Gasteiger partial charge in [-0.3, -0.25) is 4.79 Å². The Morgan fingerprint density at radius 3 is 2.72 bits per heavy atom. The summed E-state index contributed by atoms with van der Waals surface area (Å²) >= 11 is 0. The Balaban J connectivity index is 2.30. The zero-order chi connectivity index (χ0) is 13.3. The molecule has 2 rings (SSSR count). The number of rotatable bonds is 2. The molecule has 5 nitrogen and oxygen atoms in total. The first kappa shape index (κ1) is 12.7. The van der Waals surface area contributed by atoms with Crippen molar-refractivity contribution in [3.8, 4) is 0 Å². The van der Waals surface area contributed by atoms with E-state index >= 15 is 0 Å². The molecule has 1 unspecified atom stereocenters. The summed E-state index contributed by atoms with van der Waals surface area (Å²) in [5.74, 6) is -0.427. The largest absolute Gasteiger partial charge is 0.399 e. The summed E-state index contributed by atoms with van der Waals surface area (Å²) in [5.41, 5.74) is 13.1. The monoisotopic (exact) mass is 248 g/mol. The first-order chi connectivity index (χ1) is 8.49. The van der Waals surface area contributed by atoms with E-state index < -0.39 is 5.91 Å². The van der Waals surface area contributed by atoms with Crippen molar-refractivity contribution in [1.82, 2.24) is 4.90 Å². The third kappa shape index (κ3) is 2.41. The highest BCUT2D eigenvalue weighted by molar-refractivity contribution is 5.99. The number of nitrogen functional groups attached to an aromatic ring is 1. The van der Waals surface area contributed by atoms with Crippen LogP contribution < -0.4 is 16.4 Å². The lowest BCUT2D eigenvalue weighted by Gasteiger charge is -2.39. The molecule has 1 heterocycles.